The summed E-state index contributed by atoms with van der Waals surface area (Å²) in [6.45, 7) is 5.88. The summed E-state index contributed by atoms with van der Waals surface area (Å²) in [6.07, 6.45) is 0.793. The zero-order valence-electron chi connectivity index (χ0n) is 11.5. The molecule has 1 aliphatic rings. The zero-order chi connectivity index (χ0) is 14.6. The molecule has 1 fully saturated rings. The van der Waals surface area contributed by atoms with Crippen LogP contribution in [0.3, 0.4) is 0 Å². The highest BCUT2D eigenvalue weighted by Gasteiger charge is 2.49. The SMILES string of the molecule is CCOC1CC(NC(=O)N[C@H](CO)C(=O)O)C1(C)C. The van der Waals surface area contributed by atoms with E-state index in [1.54, 1.807) is 0 Å². The molecule has 0 aromatic heterocycles. The molecule has 7 heteroatoms. The van der Waals surface area contributed by atoms with Gasteiger partial charge < -0.3 is 25.6 Å². The lowest BCUT2D eigenvalue weighted by Gasteiger charge is -2.51. The van der Waals surface area contributed by atoms with Crippen molar-refractivity contribution < 1.29 is 24.5 Å². The van der Waals surface area contributed by atoms with Crippen LogP contribution in [0.1, 0.15) is 27.2 Å². The summed E-state index contributed by atoms with van der Waals surface area (Å²) in [6, 6.07) is -1.95. The third kappa shape index (κ3) is 3.57. The van der Waals surface area contributed by atoms with Gasteiger partial charge >= 0.3 is 12.0 Å². The van der Waals surface area contributed by atoms with Gasteiger partial charge in [0, 0.05) is 18.1 Å². The Balaban J connectivity index is 2.44. The van der Waals surface area contributed by atoms with E-state index in [2.05, 4.69) is 10.6 Å². The molecule has 7 nitrogen and oxygen atoms in total. The molecule has 0 radical (unpaired) electrons. The molecule has 0 spiro atoms. The van der Waals surface area contributed by atoms with Crippen molar-refractivity contribution in [2.75, 3.05) is 13.2 Å². The van der Waals surface area contributed by atoms with Gasteiger partial charge in [0.25, 0.3) is 0 Å². The highest BCUT2D eigenvalue weighted by Crippen LogP contribution is 2.42. The number of nitrogens with one attached hydrogen (secondary N) is 2. The van der Waals surface area contributed by atoms with E-state index in [4.69, 9.17) is 14.9 Å². The molecule has 1 saturated carbocycles. The van der Waals surface area contributed by atoms with Gasteiger partial charge in [-0.2, -0.15) is 0 Å². The van der Waals surface area contributed by atoms with Gasteiger partial charge in [-0.1, -0.05) is 13.8 Å². The average Bonchev–Trinajstić information content (AvgIpc) is 2.34. The van der Waals surface area contributed by atoms with E-state index < -0.39 is 24.6 Å². The number of carbonyl (C=O) groups excluding carboxylic acids is 1. The number of aliphatic hydroxyl groups is 1. The minimum atomic E-state index is -1.29. The monoisotopic (exact) mass is 274 g/mol. The fraction of sp³-hybridized carbons (Fsp3) is 0.833. The molecule has 1 aliphatic carbocycles. The van der Waals surface area contributed by atoms with Crippen LogP contribution in [0, 0.1) is 5.41 Å². The van der Waals surface area contributed by atoms with Crippen LogP contribution < -0.4 is 10.6 Å². The number of ether oxygens (including phenoxy) is 1. The maximum Gasteiger partial charge on any atom is 0.328 e. The van der Waals surface area contributed by atoms with Crippen LogP contribution in [0.15, 0.2) is 0 Å². The molecular weight excluding hydrogens is 252 g/mol. The molecule has 0 aliphatic heterocycles. The molecule has 19 heavy (non-hydrogen) atoms. The average molecular weight is 274 g/mol. The normalized spacial score (nSPS) is 26.1. The highest BCUT2D eigenvalue weighted by atomic mass is 16.5. The lowest BCUT2D eigenvalue weighted by atomic mass is 9.64. The van der Waals surface area contributed by atoms with Gasteiger partial charge in [0.1, 0.15) is 0 Å². The van der Waals surface area contributed by atoms with Crippen LogP contribution in [-0.2, 0) is 9.53 Å². The minimum absolute atomic E-state index is 0.0720. The van der Waals surface area contributed by atoms with Gasteiger partial charge in [-0.05, 0) is 13.3 Å². The number of hydrogen-bond donors (Lipinski definition) is 4. The van der Waals surface area contributed by atoms with Crippen LogP contribution in [-0.4, -0.2) is 53.6 Å². The summed E-state index contributed by atoms with van der Waals surface area (Å²) in [5, 5.41) is 22.5. The van der Waals surface area contributed by atoms with Crippen LogP contribution in [0.2, 0.25) is 0 Å². The Morgan fingerprint density at radius 1 is 1.47 bits per heavy atom. The van der Waals surface area contributed by atoms with Crippen molar-refractivity contribution in [3.8, 4) is 0 Å². The Morgan fingerprint density at radius 2 is 2.11 bits per heavy atom. The van der Waals surface area contributed by atoms with Crippen LogP contribution >= 0.6 is 0 Å². The molecule has 2 unspecified atom stereocenters. The Hall–Kier alpha value is -1.34. The molecule has 4 N–H and O–H groups in total. The summed E-state index contributed by atoms with van der Waals surface area (Å²) >= 11 is 0. The molecule has 0 aromatic carbocycles. The van der Waals surface area contributed by atoms with Crippen LogP contribution in [0.5, 0.6) is 0 Å². The molecule has 3 atom stereocenters. The Kier molecular flexibility index (Phi) is 5.13. The van der Waals surface area contributed by atoms with Crippen molar-refractivity contribution in [1.82, 2.24) is 10.6 Å². The lowest BCUT2D eigenvalue weighted by molar-refractivity contribution is -0.140. The molecule has 0 saturated heterocycles. The first-order chi connectivity index (χ1) is 8.82. The summed E-state index contributed by atoms with van der Waals surface area (Å²) in [4.78, 5) is 22.3. The van der Waals surface area contributed by atoms with E-state index in [0.29, 0.717) is 13.0 Å². The fourth-order valence-corrected chi connectivity index (χ4v) is 2.16. The van der Waals surface area contributed by atoms with E-state index in [1.165, 1.54) is 0 Å². The number of aliphatic hydroxyl groups excluding tert-OH is 1. The standard InChI is InChI=1S/C12H22N2O5/c1-4-19-9-5-8(12(9,2)3)14-11(18)13-7(6-15)10(16)17/h7-9,15H,4-6H2,1-3H3,(H,16,17)(H2,13,14,18)/t7-,8?,9?/m1/s1. The highest BCUT2D eigenvalue weighted by molar-refractivity contribution is 5.82. The third-order valence-corrected chi connectivity index (χ3v) is 3.64. The van der Waals surface area contributed by atoms with E-state index in [0.717, 1.165) is 0 Å². The Morgan fingerprint density at radius 3 is 2.53 bits per heavy atom. The number of carboxylic acid groups (broad SMARTS) is 1. The molecule has 0 heterocycles. The topological polar surface area (TPSA) is 108 Å². The minimum Gasteiger partial charge on any atom is -0.480 e. The number of carbonyl (C=O) groups is 2. The van der Waals surface area contributed by atoms with Gasteiger partial charge in [-0.15, -0.1) is 0 Å². The van der Waals surface area contributed by atoms with E-state index in [1.807, 2.05) is 20.8 Å². The van der Waals surface area contributed by atoms with Crippen molar-refractivity contribution in [3.63, 3.8) is 0 Å². The van der Waals surface area contributed by atoms with Crippen LogP contribution in [0.4, 0.5) is 4.79 Å². The fourth-order valence-electron chi connectivity index (χ4n) is 2.16. The molecule has 0 bridgehead atoms. The Labute approximate surface area is 112 Å². The first-order valence-corrected chi connectivity index (χ1v) is 6.35. The first-order valence-electron chi connectivity index (χ1n) is 6.35. The zero-order valence-corrected chi connectivity index (χ0v) is 11.5. The largest absolute Gasteiger partial charge is 0.480 e. The first kappa shape index (κ1) is 15.7. The second-order valence-electron chi connectivity index (χ2n) is 5.24. The lowest BCUT2D eigenvalue weighted by Crippen LogP contribution is -2.64. The van der Waals surface area contributed by atoms with Gasteiger partial charge in [0.2, 0.25) is 0 Å². The molecular formula is C12H22N2O5. The molecule has 0 aromatic rings. The van der Waals surface area contributed by atoms with E-state index in [9.17, 15) is 9.59 Å². The van der Waals surface area contributed by atoms with Crippen molar-refractivity contribution in [2.45, 2.75) is 45.4 Å². The van der Waals surface area contributed by atoms with E-state index >= 15 is 0 Å². The maximum absolute atomic E-state index is 11.6. The number of hydrogen-bond acceptors (Lipinski definition) is 4. The van der Waals surface area contributed by atoms with E-state index in [-0.39, 0.29) is 17.6 Å². The second-order valence-corrected chi connectivity index (χ2v) is 5.24. The predicted octanol–water partition coefficient (Wildman–Crippen LogP) is -0.0653. The maximum atomic E-state index is 11.6. The summed E-state index contributed by atoms with van der Waals surface area (Å²) < 4.78 is 5.54. The molecule has 110 valence electrons. The summed E-state index contributed by atoms with van der Waals surface area (Å²) in [7, 11) is 0. The number of aliphatic carboxylic acids is 1. The van der Waals surface area contributed by atoms with Crippen molar-refractivity contribution >= 4 is 12.0 Å². The number of carboxylic acids is 1. The van der Waals surface area contributed by atoms with Crippen molar-refractivity contribution in [2.24, 2.45) is 5.41 Å². The predicted molar refractivity (Wildman–Crippen MR) is 67.8 cm³/mol. The van der Waals surface area contributed by atoms with Gasteiger partial charge in [0.15, 0.2) is 6.04 Å². The summed E-state index contributed by atoms with van der Waals surface area (Å²) in [5.41, 5.74) is -0.189. The number of urea groups is 1. The summed E-state index contributed by atoms with van der Waals surface area (Å²) in [5.74, 6) is -1.27. The third-order valence-electron chi connectivity index (χ3n) is 3.64. The number of amides is 2. The van der Waals surface area contributed by atoms with Crippen LogP contribution in [0.25, 0.3) is 0 Å². The van der Waals surface area contributed by atoms with Gasteiger partial charge in [0.05, 0.1) is 12.7 Å². The quantitative estimate of drug-likeness (QED) is 0.542. The smallest absolute Gasteiger partial charge is 0.328 e. The van der Waals surface area contributed by atoms with Crippen molar-refractivity contribution in [3.05, 3.63) is 0 Å². The molecule has 2 amide bonds. The van der Waals surface area contributed by atoms with Gasteiger partial charge in [-0.25, -0.2) is 9.59 Å². The van der Waals surface area contributed by atoms with Crippen molar-refractivity contribution in [1.29, 1.82) is 0 Å². The molecule has 1 rings (SSSR count). The second kappa shape index (κ2) is 6.21. The number of rotatable bonds is 6. The Bertz CT molecular complexity index is 345. The van der Waals surface area contributed by atoms with Gasteiger partial charge in [-0.3, -0.25) is 0 Å².